The van der Waals surface area contributed by atoms with Crippen LogP contribution in [0.25, 0.3) is 6.08 Å². The highest BCUT2D eigenvalue weighted by Crippen LogP contribution is 2.15. The van der Waals surface area contributed by atoms with Gasteiger partial charge in [-0.3, -0.25) is 4.79 Å². The maximum atomic E-state index is 11.6. The summed E-state index contributed by atoms with van der Waals surface area (Å²) in [6, 6.07) is 11.3. The Hall–Kier alpha value is -2.33. The molecule has 0 spiro atoms. The average molecular weight is 271 g/mol. The van der Waals surface area contributed by atoms with Crippen molar-refractivity contribution in [3.05, 3.63) is 66.1 Å². The van der Waals surface area contributed by atoms with Crippen molar-refractivity contribution in [2.75, 3.05) is 6.54 Å². The van der Waals surface area contributed by atoms with Crippen molar-refractivity contribution in [3.63, 3.8) is 0 Å². The van der Waals surface area contributed by atoms with E-state index in [1.165, 1.54) is 18.6 Å². The number of aliphatic hydroxyl groups is 1. The maximum absolute atomic E-state index is 11.6. The van der Waals surface area contributed by atoms with Crippen molar-refractivity contribution in [3.8, 4) is 0 Å². The number of amides is 1. The van der Waals surface area contributed by atoms with Crippen LogP contribution in [0.2, 0.25) is 0 Å². The van der Waals surface area contributed by atoms with Gasteiger partial charge in [-0.25, -0.2) is 0 Å². The number of aliphatic hydroxyl groups excluding tert-OH is 1. The van der Waals surface area contributed by atoms with Crippen molar-refractivity contribution >= 4 is 12.0 Å². The maximum Gasteiger partial charge on any atom is 0.244 e. The molecule has 1 aromatic heterocycles. The molecule has 1 amide bonds. The van der Waals surface area contributed by atoms with Crippen LogP contribution in [0.5, 0.6) is 0 Å². The van der Waals surface area contributed by atoms with Crippen LogP contribution in [0.15, 0.2) is 59.4 Å². The molecule has 20 heavy (non-hydrogen) atoms. The summed E-state index contributed by atoms with van der Waals surface area (Å²) in [4.78, 5) is 11.6. The minimum absolute atomic E-state index is 0.173. The van der Waals surface area contributed by atoms with Crippen LogP contribution in [-0.4, -0.2) is 17.6 Å². The van der Waals surface area contributed by atoms with Gasteiger partial charge in [0.2, 0.25) is 5.91 Å². The van der Waals surface area contributed by atoms with E-state index in [9.17, 15) is 9.90 Å². The second-order valence-corrected chi connectivity index (χ2v) is 4.40. The van der Waals surface area contributed by atoms with Crippen LogP contribution >= 0.6 is 0 Å². The monoisotopic (exact) mass is 271 g/mol. The molecule has 2 N–H and O–H groups in total. The summed E-state index contributed by atoms with van der Waals surface area (Å²) in [5.41, 5.74) is 1.69. The van der Waals surface area contributed by atoms with E-state index in [0.717, 1.165) is 11.1 Å². The van der Waals surface area contributed by atoms with Gasteiger partial charge in [-0.05, 0) is 24.1 Å². The molecule has 0 aliphatic heterocycles. The standard InChI is InChI=1S/C16H17NO3/c18-15(14-9-11-20-12-14)8-10-17-16(19)7-6-13-4-2-1-3-5-13/h1-7,9,11-12,15,18H,8,10H2,(H,17,19)/b7-6+. The van der Waals surface area contributed by atoms with Gasteiger partial charge in [0, 0.05) is 18.2 Å². The van der Waals surface area contributed by atoms with Crippen molar-refractivity contribution in [2.24, 2.45) is 0 Å². The van der Waals surface area contributed by atoms with E-state index >= 15 is 0 Å². The van der Waals surface area contributed by atoms with Gasteiger partial charge < -0.3 is 14.8 Å². The highest BCUT2D eigenvalue weighted by Gasteiger charge is 2.08. The number of benzene rings is 1. The number of carbonyl (C=O) groups is 1. The van der Waals surface area contributed by atoms with E-state index in [2.05, 4.69) is 5.32 Å². The lowest BCUT2D eigenvalue weighted by molar-refractivity contribution is -0.116. The Morgan fingerprint density at radius 1 is 1.30 bits per heavy atom. The van der Waals surface area contributed by atoms with E-state index in [4.69, 9.17) is 4.42 Å². The summed E-state index contributed by atoms with van der Waals surface area (Å²) >= 11 is 0. The molecule has 2 aromatic rings. The van der Waals surface area contributed by atoms with Crippen LogP contribution in [0.1, 0.15) is 23.7 Å². The van der Waals surface area contributed by atoms with E-state index in [0.29, 0.717) is 13.0 Å². The Bertz CT molecular complexity index is 546. The summed E-state index contributed by atoms with van der Waals surface area (Å²) < 4.78 is 4.89. The fourth-order valence-electron chi connectivity index (χ4n) is 1.76. The molecule has 0 radical (unpaired) electrons. The van der Waals surface area contributed by atoms with Crippen molar-refractivity contribution in [1.82, 2.24) is 5.32 Å². The van der Waals surface area contributed by atoms with E-state index in [1.54, 1.807) is 12.1 Å². The second-order valence-electron chi connectivity index (χ2n) is 4.40. The van der Waals surface area contributed by atoms with E-state index < -0.39 is 6.10 Å². The zero-order valence-corrected chi connectivity index (χ0v) is 11.0. The van der Waals surface area contributed by atoms with Gasteiger partial charge in [0.1, 0.15) is 0 Å². The zero-order chi connectivity index (χ0) is 14.2. The minimum atomic E-state index is -0.618. The summed E-state index contributed by atoms with van der Waals surface area (Å²) in [6.45, 7) is 0.407. The fourth-order valence-corrected chi connectivity index (χ4v) is 1.76. The first kappa shape index (κ1) is 14.1. The van der Waals surface area contributed by atoms with Gasteiger partial charge >= 0.3 is 0 Å². The minimum Gasteiger partial charge on any atom is -0.472 e. The summed E-state index contributed by atoms with van der Waals surface area (Å²) in [5, 5.41) is 12.5. The number of rotatable bonds is 6. The first-order chi connectivity index (χ1) is 9.75. The third kappa shape index (κ3) is 4.40. The zero-order valence-electron chi connectivity index (χ0n) is 11.0. The third-order valence-corrected chi connectivity index (χ3v) is 2.87. The lowest BCUT2D eigenvalue weighted by Gasteiger charge is -2.08. The predicted octanol–water partition coefficient (Wildman–Crippen LogP) is 2.53. The lowest BCUT2D eigenvalue weighted by Crippen LogP contribution is -2.23. The van der Waals surface area contributed by atoms with E-state index in [-0.39, 0.29) is 5.91 Å². The Labute approximate surface area is 117 Å². The molecular weight excluding hydrogens is 254 g/mol. The van der Waals surface area contributed by atoms with E-state index in [1.807, 2.05) is 30.3 Å². The third-order valence-electron chi connectivity index (χ3n) is 2.87. The van der Waals surface area contributed by atoms with Gasteiger partial charge in [-0.2, -0.15) is 0 Å². The lowest BCUT2D eigenvalue weighted by atomic mass is 10.1. The number of carbonyl (C=O) groups excluding carboxylic acids is 1. The molecule has 1 heterocycles. The molecule has 0 fully saturated rings. The molecule has 4 heteroatoms. The molecule has 0 aliphatic carbocycles. The molecule has 0 saturated carbocycles. The largest absolute Gasteiger partial charge is 0.472 e. The summed E-state index contributed by atoms with van der Waals surface area (Å²) in [5.74, 6) is -0.173. The SMILES string of the molecule is O=C(/C=C/c1ccccc1)NCCC(O)c1ccoc1. The number of hydrogen-bond acceptors (Lipinski definition) is 3. The molecular formula is C16H17NO3. The topological polar surface area (TPSA) is 62.5 Å². The van der Waals surface area contributed by atoms with Crippen molar-refractivity contribution < 1.29 is 14.3 Å². The predicted molar refractivity (Wildman–Crippen MR) is 76.8 cm³/mol. The first-order valence-electron chi connectivity index (χ1n) is 6.47. The highest BCUT2D eigenvalue weighted by molar-refractivity contribution is 5.91. The van der Waals surface area contributed by atoms with Crippen LogP contribution in [0, 0.1) is 0 Å². The van der Waals surface area contributed by atoms with Gasteiger partial charge in [0.25, 0.3) is 0 Å². The highest BCUT2D eigenvalue weighted by atomic mass is 16.3. The fraction of sp³-hybridized carbons (Fsp3) is 0.188. The van der Waals surface area contributed by atoms with Crippen LogP contribution in [0.4, 0.5) is 0 Å². The number of furan rings is 1. The van der Waals surface area contributed by atoms with Crippen LogP contribution in [-0.2, 0) is 4.79 Å². The van der Waals surface area contributed by atoms with Crippen molar-refractivity contribution in [2.45, 2.75) is 12.5 Å². The molecule has 0 aliphatic rings. The Morgan fingerprint density at radius 2 is 2.10 bits per heavy atom. The normalized spacial score (nSPS) is 12.4. The summed E-state index contributed by atoms with van der Waals surface area (Å²) in [6.07, 6.45) is 6.08. The smallest absolute Gasteiger partial charge is 0.244 e. The Morgan fingerprint density at radius 3 is 2.80 bits per heavy atom. The molecule has 1 atom stereocenters. The van der Waals surface area contributed by atoms with Gasteiger partial charge in [-0.15, -0.1) is 0 Å². The van der Waals surface area contributed by atoms with Crippen LogP contribution in [0.3, 0.4) is 0 Å². The van der Waals surface area contributed by atoms with Gasteiger partial charge in [0.15, 0.2) is 0 Å². The molecule has 0 bridgehead atoms. The van der Waals surface area contributed by atoms with Gasteiger partial charge in [0.05, 0.1) is 18.6 Å². The average Bonchev–Trinajstić information content (AvgIpc) is 3.00. The van der Waals surface area contributed by atoms with Crippen LogP contribution < -0.4 is 5.32 Å². The molecule has 1 unspecified atom stereocenters. The van der Waals surface area contributed by atoms with Gasteiger partial charge in [-0.1, -0.05) is 30.3 Å². The number of hydrogen-bond donors (Lipinski definition) is 2. The molecule has 4 nitrogen and oxygen atoms in total. The number of nitrogens with one attached hydrogen (secondary N) is 1. The Balaban J connectivity index is 1.72. The molecule has 0 saturated heterocycles. The first-order valence-corrected chi connectivity index (χ1v) is 6.47. The second kappa shape index (κ2) is 7.31. The molecule has 2 rings (SSSR count). The Kier molecular flexibility index (Phi) is 5.15. The quantitative estimate of drug-likeness (QED) is 0.794. The molecule has 1 aromatic carbocycles. The summed E-state index contributed by atoms with van der Waals surface area (Å²) in [7, 11) is 0. The van der Waals surface area contributed by atoms with Crippen molar-refractivity contribution in [1.29, 1.82) is 0 Å². The molecule has 104 valence electrons.